The number of hydrogen-bond donors (Lipinski definition) is 1. The van der Waals surface area contributed by atoms with E-state index in [1.165, 1.54) is 0 Å². The Hall–Kier alpha value is -1.64. The van der Waals surface area contributed by atoms with E-state index in [4.69, 9.17) is 10.00 Å². The average Bonchev–Trinajstić information content (AvgIpc) is 2.40. The Kier molecular flexibility index (Phi) is 4.30. The van der Waals surface area contributed by atoms with Gasteiger partial charge in [0.1, 0.15) is 18.4 Å². The quantitative estimate of drug-likeness (QED) is 0.805. The fraction of sp³-hybridized carbons (Fsp3) is 0.500. The van der Waals surface area contributed by atoms with E-state index < -0.39 is 0 Å². The van der Waals surface area contributed by atoms with Crippen molar-refractivity contribution in [2.45, 2.75) is 0 Å². The Morgan fingerprint density at radius 2 is 2.24 bits per heavy atom. The summed E-state index contributed by atoms with van der Waals surface area (Å²) in [7, 11) is 0. The summed E-state index contributed by atoms with van der Waals surface area (Å²) in [5.41, 5.74) is 0.393. The molecule has 0 aromatic carbocycles. The lowest BCUT2D eigenvalue weighted by atomic mass is 10.3. The van der Waals surface area contributed by atoms with Crippen LogP contribution in [0.5, 0.6) is 5.88 Å². The van der Waals surface area contributed by atoms with E-state index >= 15 is 0 Å². The van der Waals surface area contributed by atoms with Crippen molar-refractivity contribution in [1.82, 2.24) is 15.2 Å². The van der Waals surface area contributed by atoms with Gasteiger partial charge in [0, 0.05) is 38.8 Å². The number of hydrogen-bond acceptors (Lipinski definition) is 5. The van der Waals surface area contributed by atoms with Crippen LogP contribution < -0.4 is 10.1 Å². The zero-order valence-electron chi connectivity index (χ0n) is 9.72. The summed E-state index contributed by atoms with van der Waals surface area (Å²) in [5.74, 6) is 0.527. The number of nitrogens with one attached hydrogen (secondary N) is 1. The first-order valence-electron chi connectivity index (χ1n) is 5.81. The molecule has 1 fully saturated rings. The first-order chi connectivity index (χ1) is 8.38. The molecule has 0 unspecified atom stereocenters. The smallest absolute Gasteiger partial charge is 0.214 e. The number of piperazine rings is 1. The molecule has 5 heteroatoms. The van der Waals surface area contributed by atoms with Crippen LogP contribution in [0.15, 0.2) is 18.2 Å². The minimum absolute atomic E-state index is 0.393. The first kappa shape index (κ1) is 11.8. The maximum atomic E-state index is 8.71. The van der Waals surface area contributed by atoms with Crippen LogP contribution in [0.25, 0.3) is 0 Å². The van der Waals surface area contributed by atoms with Gasteiger partial charge in [-0.1, -0.05) is 6.07 Å². The fourth-order valence-electron chi connectivity index (χ4n) is 1.77. The van der Waals surface area contributed by atoms with Gasteiger partial charge in [0.15, 0.2) is 0 Å². The lowest BCUT2D eigenvalue weighted by Gasteiger charge is -2.26. The van der Waals surface area contributed by atoms with Crippen LogP contribution in [0.2, 0.25) is 0 Å². The fourth-order valence-corrected chi connectivity index (χ4v) is 1.77. The molecule has 1 aliphatic rings. The highest BCUT2D eigenvalue weighted by atomic mass is 16.5. The normalized spacial score (nSPS) is 16.4. The van der Waals surface area contributed by atoms with Gasteiger partial charge in [0.25, 0.3) is 0 Å². The van der Waals surface area contributed by atoms with Crippen LogP contribution >= 0.6 is 0 Å². The van der Waals surface area contributed by atoms with Gasteiger partial charge in [-0.15, -0.1) is 0 Å². The van der Waals surface area contributed by atoms with Crippen molar-refractivity contribution in [1.29, 1.82) is 5.26 Å². The van der Waals surface area contributed by atoms with Crippen LogP contribution in [-0.4, -0.2) is 49.2 Å². The third-order valence-corrected chi connectivity index (χ3v) is 2.71. The first-order valence-corrected chi connectivity index (χ1v) is 5.81. The number of pyridine rings is 1. The predicted molar refractivity (Wildman–Crippen MR) is 63.8 cm³/mol. The maximum Gasteiger partial charge on any atom is 0.214 e. The lowest BCUT2D eigenvalue weighted by Crippen LogP contribution is -2.44. The molecule has 2 heterocycles. The molecule has 2 rings (SSSR count). The molecule has 1 N–H and O–H groups in total. The molecule has 5 nitrogen and oxygen atoms in total. The number of aromatic nitrogens is 1. The molecule has 0 atom stereocenters. The topological polar surface area (TPSA) is 61.2 Å². The highest BCUT2D eigenvalue weighted by Gasteiger charge is 2.08. The third-order valence-electron chi connectivity index (χ3n) is 2.71. The highest BCUT2D eigenvalue weighted by Crippen LogP contribution is 2.06. The molecule has 17 heavy (non-hydrogen) atoms. The zero-order chi connectivity index (χ0) is 11.9. The minimum Gasteiger partial charge on any atom is -0.476 e. The second kappa shape index (κ2) is 6.18. The third kappa shape index (κ3) is 3.70. The van der Waals surface area contributed by atoms with Gasteiger partial charge < -0.3 is 10.1 Å². The summed E-state index contributed by atoms with van der Waals surface area (Å²) >= 11 is 0. The largest absolute Gasteiger partial charge is 0.476 e. The summed E-state index contributed by atoms with van der Waals surface area (Å²) in [6.45, 7) is 5.73. The van der Waals surface area contributed by atoms with Gasteiger partial charge in [-0.3, -0.25) is 4.90 Å². The number of rotatable bonds is 4. The van der Waals surface area contributed by atoms with Crippen LogP contribution in [-0.2, 0) is 0 Å². The van der Waals surface area contributed by atoms with Crippen molar-refractivity contribution in [3.05, 3.63) is 23.9 Å². The molecule has 0 radical (unpaired) electrons. The minimum atomic E-state index is 0.393. The summed E-state index contributed by atoms with van der Waals surface area (Å²) in [5, 5.41) is 12.0. The molecule has 1 aromatic rings. The Balaban J connectivity index is 1.75. The van der Waals surface area contributed by atoms with Crippen molar-refractivity contribution >= 4 is 0 Å². The predicted octanol–water partition coefficient (Wildman–Crippen LogP) is 0.237. The van der Waals surface area contributed by atoms with E-state index in [2.05, 4.69) is 15.2 Å². The van der Waals surface area contributed by atoms with Crippen molar-refractivity contribution in [3.8, 4) is 11.9 Å². The van der Waals surface area contributed by atoms with Gasteiger partial charge in [-0.05, 0) is 6.07 Å². The molecular weight excluding hydrogens is 216 g/mol. The second-order valence-corrected chi connectivity index (χ2v) is 3.91. The molecule has 1 saturated heterocycles. The van der Waals surface area contributed by atoms with Gasteiger partial charge in [-0.2, -0.15) is 5.26 Å². The van der Waals surface area contributed by atoms with Crippen LogP contribution in [0.4, 0.5) is 0 Å². The van der Waals surface area contributed by atoms with Gasteiger partial charge in [0.2, 0.25) is 5.88 Å². The summed E-state index contributed by atoms with van der Waals surface area (Å²) < 4.78 is 5.53. The Bertz CT molecular complexity index is 396. The highest BCUT2D eigenvalue weighted by molar-refractivity contribution is 5.24. The Morgan fingerprint density at radius 3 is 3.00 bits per heavy atom. The van der Waals surface area contributed by atoms with E-state index in [9.17, 15) is 0 Å². The van der Waals surface area contributed by atoms with Gasteiger partial charge in [0.05, 0.1) is 0 Å². The molecule has 0 spiro atoms. The number of nitriles is 1. The SMILES string of the molecule is N#Cc1cccc(OCCN2CCNCC2)n1. The van der Waals surface area contributed by atoms with Crippen LogP contribution in [0.3, 0.4) is 0 Å². The van der Waals surface area contributed by atoms with E-state index in [1.807, 2.05) is 6.07 Å². The van der Waals surface area contributed by atoms with E-state index in [0.29, 0.717) is 18.2 Å². The maximum absolute atomic E-state index is 8.71. The molecule has 0 aliphatic carbocycles. The van der Waals surface area contributed by atoms with Crippen LogP contribution in [0, 0.1) is 11.3 Å². The number of nitrogens with zero attached hydrogens (tertiary/aromatic N) is 3. The molecule has 1 aromatic heterocycles. The Morgan fingerprint density at radius 1 is 1.41 bits per heavy atom. The van der Waals surface area contributed by atoms with Crippen molar-refractivity contribution in [3.63, 3.8) is 0 Å². The molecule has 0 bridgehead atoms. The second-order valence-electron chi connectivity index (χ2n) is 3.91. The molecule has 0 saturated carbocycles. The monoisotopic (exact) mass is 232 g/mol. The van der Waals surface area contributed by atoms with E-state index in [-0.39, 0.29) is 0 Å². The average molecular weight is 232 g/mol. The Labute approximate surface area is 101 Å². The van der Waals surface area contributed by atoms with Crippen molar-refractivity contribution in [2.75, 3.05) is 39.3 Å². The van der Waals surface area contributed by atoms with Crippen LogP contribution in [0.1, 0.15) is 5.69 Å². The van der Waals surface area contributed by atoms with E-state index in [1.54, 1.807) is 18.2 Å². The van der Waals surface area contributed by atoms with Crippen molar-refractivity contribution in [2.24, 2.45) is 0 Å². The summed E-state index contributed by atoms with van der Waals surface area (Å²) in [6, 6.07) is 7.23. The van der Waals surface area contributed by atoms with E-state index in [0.717, 1.165) is 32.7 Å². The zero-order valence-corrected chi connectivity index (χ0v) is 9.72. The van der Waals surface area contributed by atoms with Gasteiger partial charge >= 0.3 is 0 Å². The standard InChI is InChI=1S/C12H16N4O/c13-10-11-2-1-3-12(15-11)17-9-8-16-6-4-14-5-7-16/h1-3,14H,4-9H2. The summed E-state index contributed by atoms with van der Waals surface area (Å²) in [6.07, 6.45) is 0. The molecule has 0 amide bonds. The van der Waals surface area contributed by atoms with Crippen molar-refractivity contribution < 1.29 is 4.74 Å². The molecule has 1 aliphatic heterocycles. The molecular formula is C12H16N4O. The summed E-state index contributed by atoms with van der Waals surface area (Å²) in [4.78, 5) is 6.41. The van der Waals surface area contributed by atoms with Gasteiger partial charge in [-0.25, -0.2) is 4.98 Å². The molecule has 90 valence electrons. The number of ether oxygens (including phenoxy) is 1. The lowest BCUT2D eigenvalue weighted by molar-refractivity contribution is 0.188.